The number of imidazole rings is 1. The number of H-pyrrole nitrogens is 1. The van der Waals surface area contributed by atoms with Crippen LogP contribution in [0.1, 0.15) is 65.6 Å². The van der Waals surface area contributed by atoms with E-state index in [0.29, 0.717) is 11.6 Å². The second-order valence-electron chi connectivity index (χ2n) is 8.46. The zero-order valence-corrected chi connectivity index (χ0v) is 17.2. The maximum Gasteiger partial charge on any atom is 0.274 e. The lowest BCUT2D eigenvalue weighted by Gasteiger charge is -2.32. The van der Waals surface area contributed by atoms with Gasteiger partial charge in [0.1, 0.15) is 5.82 Å². The van der Waals surface area contributed by atoms with Crippen molar-refractivity contribution in [2.75, 3.05) is 33.7 Å². The third-order valence-corrected chi connectivity index (χ3v) is 6.08. The van der Waals surface area contributed by atoms with Gasteiger partial charge in [0.2, 0.25) is 0 Å². The van der Waals surface area contributed by atoms with E-state index in [-0.39, 0.29) is 5.91 Å². The van der Waals surface area contributed by atoms with E-state index >= 15 is 0 Å². The number of fused-ring (bicyclic) bond motifs is 1. The number of hydrogen-bond acceptors (Lipinski definition) is 4. The molecule has 1 aliphatic heterocycles. The van der Waals surface area contributed by atoms with Gasteiger partial charge in [-0.1, -0.05) is 0 Å². The summed E-state index contributed by atoms with van der Waals surface area (Å²) in [4.78, 5) is 22.1. The first-order valence-corrected chi connectivity index (χ1v) is 10.6. The average molecular weight is 385 g/mol. The number of amides is 1. The van der Waals surface area contributed by atoms with Crippen LogP contribution in [0, 0.1) is 0 Å². The van der Waals surface area contributed by atoms with E-state index < -0.39 is 0 Å². The summed E-state index contributed by atoms with van der Waals surface area (Å²) >= 11 is 0. The summed E-state index contributed by atoms with van der Waals surface area (Å²) in [5, 5.41) is 7.50. The molecule has 0 aromatic carbocycles. The van der Waals surface area contributed by atoms with Crippen molar-refractivity contribution >= 4 is 5.91 Å². The molecule has 1 saturated heterocycles. The van der Waals surface area contributed by atoms with Gasteiger partial charge in [0.05, 0.1) is 0 Å². The SMILES string of the molecule is CN(C)CCCn1ccnc1C1CCCN(C(=O)c2n[nH]c3c2CCCC3)C1. The predicted molar refractivity (Wildman–Crippen MR) is 109 cm³/mol. The molecule has 2 aromatic rings. The lowest BCUT2D eigenvalue weighted by Crippen LogP contribution is -2.40. The van der Waals surface area contributed by atoms with Gasteiger partial charge in [-0.3, -0.25) is 9.89 Å². The van der Waals surface area contributed by atoms with Gasteiger partial charge in [0.25, 0.3) is 5.91 Å². The van der Waals surface area contributed by atoms with Crippen LogP contribution in [0.2, 0.25) is 0 Å². The lowest BCUT2D eigenvalue weighted by atomic mass is 9.94. The van der Waals surface area contributed by atoms with Gasteiger partial charge in [-0.15, -0.1) is 0 Å². The van der Waals surface area contributed by atoms with Gasteiger partial charge in [-0.05, 0) is 65.6 Å². The Labute approximate surface area is 167 Å². The molecule has 7 heteroatoms. The van der Waals surface area contributed by atoms with Crippen molar-refractivity contribution in [3.05, 3.63) is 35.2 Å². The van der Waals surface area contributed by atoms with Crippen LogP contribution in [0.3, 0.4) is 0 Å². The highest BCUT2D eigenvalue weighted by Crippen LogP contribution is 2.29. The number of aromatic nitrogens is 4. The standard InChI is InChI=1S/C21H32N6O/c1-25(2)11-6-13-26-14-10-22-20(26)16-7-5-12-27(15-16)21(28)19-17-8-3-4-9-18(17)23-24-19/h10,14,16H,3-9,11-13,15H2,1-2H3,(H,23,24). The van der Waals surface area contributed by atoms with E-state index in [4.69, 9.17) is 0 Å². The van der Waals surface area contributed by atoms with Gasteiger partial charge in [-0.25, -0.2) is 4.98 Å². The summed E-state index contributed by atoms with van der Waals surface area (Å²) < 4.78 is 2.28. The van der Waals surface area contributed by atoms with Crippen molar-refractivity contribution in [1.29, 1.82) is 0 Å². The van der Waals surface area contributed by atoms with E-state index in [1.54, 1.807) is 0 Å². The van der Waals surface area contributed by atoms with Crippen molar-refractivity contribution < 1.29 is 4.79 Å². The number of aryl methyl sites for hydroxylation is 2. The number of likely N-dealkylation sites (tertiary alicyclic amines) is 1. The van der Waals surface area contributed by atoms with Gasteiger partial charge in [0.15, 0.2) is 5.69 Å². The minimum absolute atomic E-state index is 0.0924. The molecule has 0 spiro atoms. The fourth-order valence-electron chi connectivity index (χ4n) is 4.61. The minimum atomic E-state index is 0.0924. The Morgan fingerprint density at radius 2 is 2.14 bits per heavy atom. The Morgan fingerprint density at radius 1 is 1.29 bits per heavy atom. The van der Waals surface area contributed by atoms with Crippen LogP contribution in [0.25, 0.3) is 0 Å². The molecule has 7 nitrogen and oxygen atoms in total. The van der Waals surface area contributed by atoms with Crippen LogP contribution < -0.4 is 0 Å². The number of nitrogens with zero attached hydrogens (tertiary/aromatic N) is 5. The quantitative estimate of drug-likeness (QED) is 0.831. The van der Waals surface area contributed by atoms with Crippen molar-refractivity contribution in [3.8, 4) is 0 Å². The van der Waals surface area contributed by atoms with Crippen LogP contribution in [-0.2, 0) is 19.4 Å². The monoisotopic (exact) mass is 384 g/mol. The van der Waals surface area contributed by atoms with Gasteiger partial charge in [0, 0.05) is 49.2 Å². The smallest absolute Gasteiger partial charge is 0.274 e. The third kappa shape index (κ3) is 3.99. The van der Waals surface area contributed by atoms with E-state index in [2.05, 4.69) is 44.9 Å². The van der Waals surface area contributed by atoms with E-state index in [1.807, 2.05) is 11.1 Å². The van der Waals surface area contributed by atoms with E-state index in [0.717, 1.165) is 76.1 Å². The van der Waals surface area contributed by atoms with Crippen molar-refractivity contribution in [1.82, 2.24) is 29.5 Å². The van der Waals surface area contributed by atoms with E-state index in [9.17, 15) is 4.79 Å². The molecule has 4 rings (SSSR count). The molecule has 0 saturated carbocycles. The second-order valence-corrected chi connectivity index (χ2v) is 8.46. The number of aromatic amines is 1. The highest BCUT2D eigenvalue weighted by Gasteiger charge is 2.31. The summed E-state index contributed by atoms with van der Waals surface area (Å²) in [6.45, 7) is 3.60. The largest absolute Gasteiger partial charge is 0.337 e. The molecule has 0 radical (unpaired) electrons. The first-order chi connectivity index (χ1) is 13.6. The topological polar surface area (TPSA) is 70.1 Å². The Morgan fingerprint density at radius 3 is 3.00 bits per heavy atom. The van der Waals surface area contributed by atoms with Gasteiger partial charge >= 0.3 is 0 Å². The summed E-state index contributed by atoms with van der Waals surface area (Å²) in [5.41, 5.74) is 2.98. The molecular weight excluding hydrogens is 352 g/mol. The molecule has 1 amide bonds. The van der Waals surface area contributed by atoms with Gasteiger partial charge < -0.3 is 14.4 Å². The summed E-state index contributed by atoms with van der Waals surface area (Å²) in [5.74, 6) is 1.52. The maximum absolute atomic E-state index is 13.2. The van der Waals surface area contributed by atoms with Crippen LogP contribution in [-0.4, -0.2) is 69.2 Å². The number of rotatable bonds is 6. The number of hydrogen-bond donors (Lipinski definition) is 1. The predicted octanol–water partition coefficient (Wildman–Crippen LogP) is 2.46. The lowest BCUT2D eigenvalue weighted by molar-refractivity contribution is 0.0696. The summed E-state index contributed by atoms with van der Waals surface area (Å²) in [6, 6.07) is 0. The van der Waals surface area contributed by atoms with Crippen molar-refractivity contribution in [2.45, 2.75) is 57.4 Å². The number of carbonyl (C=O) groups is 1. The minimum Gasteiger partial charge on any atom is -0.337 e. The molecule has 2 aromatic heterocycles. The van der Waals surface area contributed by atoms with E-state index in [1.165, 1.54) is 12.1 Å². The first-order valence-electron chi connectivity index (χ1n) is 10.6. The molecule has 0 bridgehead atoms. The highest BCUT2D eigenvalue weighted by atomic mass is 16.2. The molecule has 2 aliphatic rings. The van der Waals surface area contributed by atoms with Crippen LogP contribution in [0.4, 0.5) is 0 Å². The molecular formula is C21H32N6O. The summed E-state index contributed by atoms with van der Waals surface area (Å²) in [6.07, 6.45) is 11.5. The zero-order valence-electron chi connectivity index (χ0n) is 17.2. The Balaban J connectivity index is 1.44. The van der Waals surface area contributed by atoms with Crippen LogP contribution in [0.5, 0.6) is 0 Å². The molecule has 3 heterocycles. The van der Waals surface area contributed by atoms with Crippen molar-refractivity contribution in [2.24, 2.45) is 0 Å². The Hall–Kier alpha value is -2.15. The second kappa shape index (κ2) is 8.47. The normalized spacial score (nSPS) is 19.8. The zero-order chi connectivity index (χ0) is 19.5. The first kappa shape index (κ1) is 19.2. The molecule has 1 N–H and O–H groups in total. The van der Waals surface area contributed by atoms with Crippen LogP contribution >= 0.6 is 0 Å². The molecule has 1 aliphatic carbocycles. The molecule has 28 heavy (non-hydrogen) atoms. The van der Waals surface area contributed by atoms with Crippen LogP contribution in [0.15, 0.2) is 12.4 Å². The summed E-state index contributed by atoms with van der Waals surface area (Å²) in [7, 11) is 4.21. The maximum atomic E-state index is 13.2. The average Bonchev–Trinajstić information content (AvgIpc) is 3.34. The fourth-order valence-corrected chi connectivity index (χ4v) is 4.61. The molecule has 152 valence electrons. The highest BCUT2D eigenvalue weighted by molar-refractivity contribution is 5.94. The third-order valence-electron chi connectivity index (χ3n) is 6.08. The number of piperidine rings is 1. The Bertz CT molecular complexity index is 808. The molecule has 1 unspecified atom stereocenters. The Kier molecular flexibility index (Phi) is 5.80. The number of carbonyl (C=O) groups excluding carboxylic acids is 1. The number of nitrogens with one attached hydrogen (secondary N) is 1. The molecule has 1 atom stereocenters. The molecule has 1 fully saturated rings. The fraction of sp³-hybridized carbons (Fsp3) is 0.667. The van der Waals surface area contributed by atoms with Gasteiger partial charge in [-0.2, -0.15) is 5.10 Å². The van der Waals surface area contributed by atoms with Crippen molar-refractivity contribution in [3.63, 3.8) is 0 Å².